The second-order valence-electron chi connectivity index (χ2n) is 6.85. The topological polar surface area (TPSA) is 243 Å². The third-order valence-corrected chi connectivity index (χ3v) is 9.69. The molecule has 6 atom stereocenters. The molecule has 33 heavy (non-hydrogen) atoms. The Morgan fingerprint density at radius 2 is 1.94 bits per heavy atom. The maximum absolute atomic E-state index is 14.2. The molecule has 186 valence electrons. The zero-order valence-electron chi connectivity index (χ0n) is 16.7. The number of azide groups is 1. The first kappa shape index (κ1) is 27.5. The fourth-order valence-corrected chi connectivity index (χ4v) is 7.01. The van der Waals surface area contributed by atoms with Crippen molar-refractivity contribution < 1.29 is 50.7 Å². The first-order chi connectivity index (χ1) is 14.9. The van der Waals surface area contributed by atoms with Crippen molar-refractivity contribution in [2.75, 3.05) is 13.3 Å². The molecule has 1 aromatic heterocycles. The third-order valence-electron chi connectivity index (χ3n) is 4.22. The Balaban J connectivity index is 2.25. The number of hydrogen-bond acceptors (Lipinski definition) is 9. The van der Waals surface area contributed by atoms with E-state index in [2.05, 4.69) is 18.9 Å². The Morgan fingerprint density at radius 3 is 2.48 bits per heavy atom. The van der Waals surface area contributed by atoms with Gasteiger partial charge in [-0.05, 0) is 12.5 Å². The lowest BCUT2D eigenvalue weighted by Crippen LogP contribution is -2.33. The van der Waals surface area contributed by atoms with Crippen molar-refractivity contribution in [2.24, 2.45) is 5.11 Å². The van der Waals surface area contributed by atoms with Gasteiger partial charge in [0.1, 0.15) is 6.23 Å². The van der Waals surface area contributed by atoms with E-state index in [1.54, 1.807) is 0 Å². The molecule has 0 amide bonds. The number of aromatic amines is 1. The second-order valence-corrected chi connectivity index (χ2v) is 12.9. The first-order valence-electron chi connectivity index (χ1n) is 8.63. The van der Waals surface area contributed by atoms with Crippen molar-refractivity contribution in [1.29, 1.82) is 0 Å². The van der Waals surface area contributed by atoms with E-state index in [9.17, 15) is 41.9 Å². The fraction of sp³-hybridized carbons (Fsp3) is 0.667. The molecule has 0 spiro atoms. The number of aromatic nitrogens is 2. The summed E-state index contributed by atoms with van der Waals surface area (Å²) in [6.45, 7) is 0.478. The SMILES string of the molecule is Cc1cn([C@H]2C[C@H](N=[N+]=[N-])[C@@H](COP(=O)(O)C(F)(F)P(=O)(O)OP(C)(=O)O)O2)c(=O)[nH]c1=O. The van der Waals surface area contributed by atoms with Crippen LogP contribution in [0, 0.1) is 6.92 Å². The Kier molecular flexibility index (Phi) is 7.94. The maximum atomic E-state index is 14.2. The van der Waals surface area contributed by atoms with Gasteiger partial charge < -0.3 is 23.9 Å². The number of halogens is 2. The summed E-state index contributed by atoms with van der Waals surface area (Å²) >= 11 is 0. The van der Waals surface area contributed by atoms with Crippen LogP contribution >= 0.6 is 22.8 Å². The zero-order chi connectivity index (χ0) is 25.4. The highest BCUT2D eigenvalue weighted by Gasteiger charge is 2.68. The quantitative estimate of drug-likeness (QED) is 0.152. The Hall–Kier alpha value is -1.70. The largest absolute Gasteiger partial charge is 0.444 e. The van der Waals surface area contributed by atoms with E-state index in [4.69, 9.17) is 15.2 Å². The molecular weight excluding hydrogens is 521 g/mol. The van der Waals surface area contributed by atoms with Gasteiger partial charge in [-0.2, -0.15) is 8.78 Å². The summed E-state index contributed by atoms with van der Waals surface area (Å²) in [4.78, 5) is 55.8. The lowest BCUT2D eigenvalue weighted by Gasteiger charge is -2.27. The number of nitrogens with one attached hydrogen (secondary N) is 1. The van der Waals surface area contributed by atoms with Crippen LogP contribution in [0.4, 0.5) is 8.78 Å². The fourth-order valence-electron chi connectivity index (χ4n) is 2.69. The second kappa shape index (κ2) is 9.51. The molecule has 2 rings (SSSR count). The first-order valence-corrected chi connectivity index (χ1v) is 13.8. The van der Waals surface area contributed by atoms with E-state index in [-0.39, 0.29) is 12.0 Å². The van der Waals surface area contributed by atoms with Crippen LogP contribution in [0.5, 0.6) is 0 Å². The van der Waals surface area contributed by atoms with Gasteiger partial charge in [-0.1, -0.05) is 5.11 Å². The van der Waals surface area contributed by atoms with Gasteiger partial charge in [0.25, 0.3) is 5.56 Å². The highest BCUT2D eigenvalue weighted by molar-refractivity contribution is 7.76. The predicted octanol–water partition coefficient (Wildman–Crippen LogP) is 1.58. The van der Waals surface area contributed by atoms with E-state index < -0.39 is 64.4 Å². The van der Waals surface area contributed by atoms with Crippen LogP contribution in [0.3, 0.4) is 0 Å². The van der Waals surface area contributed by atoms with Crippen LogP contribution in [0.15, 0.2) is 20.9 Å². The van der Waals surface area contributed by atoms with Gasteiger partial charge in [0.15, 0.2) is 0 Å². The lowest BCUT2D eigenvalue weighted by molar-refractivity contribution is -0.0276. The van der Waals surface area contributed by atoms with E-state index >= 15 is 0 Å². The minimum atomic E-state index is -6.49. The van der Waals surface area contributed by atoms with Crippen LogP contribution in [-0.4, -0.2) is 55.1 Å². The molecule has 1 aliphatic rings. The van der Waals surface area contributed by atoms with Crippen molar-refractivity contribution in [2.45, 2.75) is 37.1 Å². The Bertz CT molecular complexity index is 1220. The number of alkyl halides is 2. The van der Waals surface area contributed by atoms with Gasteiger partial charge in [-0.3, -0.25) is 28.0 Å². The van der Waals surface area contributed by atoms with Crippen molar-refractivity contribution in [3.05, 3.63) is 43.0 Å². The minimum absolute atomic E-state index is 0.105. The van der Waals surface area contributed by atoms with Crippen molar-refractivity contribution in [1.82, 2.24) is 9.55 Å². The third kappa shape index (κ3) is 6.06. The van der Waals surface area contributed by atoms with Crippen LogP contribution in [0.1, 0.15) is 18.2 Å². The highest BCUT2D eigenvalue weighted by Crippen LogP contribution is 2.78. The average Bonchev–Trinajstić information content (AvgIpc) is 3.04. The Morgan fingerprint density at radius 1 is 1.33 bits per heavy atom. The van der Waals surface area contributed by atoms with Crippen molar-refractivity contribution in [3.8, 4) is 0 Å². The summed E-state index contributed by atoms with van der Waals surface area (Å²) in [6, 6.07) is -1.21. The molecule has 2 heterocycles. The number of H-pyrrole nitrogens is 1. The summed E-state index contributed by atoms with van der Waals surface area (Å²) < 4.78 is 77.2. The minimum Gasteiger partial charge on any atom is -0.352 e. The lowest BCUT2D eigenvalue weighted by atomic mass is 10.1. The van der Waals surface area contributed by atoms with Crippen LogP contribution < -0.4 is 11.2 Å². The molecule has 1 aromatic rings. The number of rotatable bonds is 9. The van der Waals surface area contributed by atoms with Gasteiger partial charge in [0.05, 0.1) is 18.8 Å². The van der Waals surface area contributed by atoms with Crippen molar-refractivity contribution in [3.63, 3.8) is 0 Å². The van der Waals surface area contributed by atoms with E-state index in [0.717, 1.165) is 10.8 Å². The maximum Gasteiger partial charge on any atom is 0.444 e. The van der Waals surface area contributed by atoms with Gasteiger partial charge in [-0.15, -0.1) is 0 Å². The Labute approximate surface area is 182 Å². The highest BCUT2D eigenvalue weighted by atomic mass is 31.3. The summed E-state index contributed by atoms with van der Waals surface area (Å²) in [5, 5.41) is -2.18. The molecule has 3 unspecified atom stereocenters. The van der Waals surface area contributed by atoms with Gasteiger partial charge in [0, 0.05) is 29.8 Å². The van der Waals surface area contributed by atoms with Gasteiger partial charge >= 0.3 is 33.9 Å². The van der Waals surface area contributed by atoms with Crippen molar-refractivity contribution >= 4 is 22.8 Å². The van der Waals surface area contributed by atoms with Crippen LogP contribution in [0.25, 0.3) is 10.4 Å². The van der Waals surface area contributed by atoms with Crippen LogP contribution in [0.2, 0.25) is 0 Å². The molecule has 0 radical (unpaired) electrons. The molecule has 0 aliphatic carbocycles. The molecule has 0 saturated carbocycles. The summed E-state index contributed by atoms with van der Waals surface area (Å²) in [7, 11) is -17.8. The molecule has 1 saturated heterocycles. The summed E-state index contributed by atoms with van der Waals surface area (Å²) in [6.07, 6.45) is -1.82. The zero-order valence-corrected chi connectivity index (χ0v) is 19.4. The predicted molar refractivity (Wildman–Crippen MR) is 105 cm³/mol. The molecule has 0 bridgehead atoms. The van der Waals surface area contributed by atoms with E-state index in [0.29, 0.717) is 6.66 Å². The van der Waals surface area contributed by atoms with E-state index in [1.807, 2.05) is 4.98 Å². The monoisotopic (exact) mass is 539 g/mol. The molecule has 1 fully saturated rings. The van der Waals surface area contributed by atoms with Crippen LogP contribution in [-0.2, 0) is 27.3 Å². The number of hydrogen-bond donors (Lipinski definition) is 4. The van der Waals surface area contributed by atoms with E-state index in [1.165, 1.54) is 6.92 Å². The molecule has 4 N–H and O–H groups in total. The molecule has 21 heteroatoms. The standard InChI is InChI=1S/C12H18F2N5O11P3/c1-6-4-19(11(21)16-10(6)20)9-3-7(17-18-15)8(29-9)5-28-32(24,25)12(13,14)33(26,27)30-31(2,22)23/h4,7-9H,3,5H2,1-2H3,(H,22,23)(H,24,25)(H,26,27)(H,16,20,21)/t7-,8+,9+/m0/s1. The summed E-state index contributed by atoms with van der Waals surface area (Å²) in [5.74, 6) is 0. The number of nitrogens with zero attached hydrogens (tertiary/aromatic N) is 4. The molecule has 0 aromatic carbocycles. The van der Waals surface area contributed by atoms with Gasteiger partial charge in [0.2, 0.25) is 0 Å². The number of ether oxygens (including phenoxy) is 1. The number of aryl methyl sites for hydroxylation is 1. The molecule has 16 nitrogen and oxygen atoms in total. The normalized spacial score (nSPS) is 26.6. The molecular formula is C12H18F2N5O11P3. The average molecular weight is 539 g/mol. The molecule has 1 aliphatic heterocycles. The smallest absolute Gasteiger partial charge is 0.352 e. The summed E-state index contributed by atoms with van der Waals surface area (Å²) in [5.41, 5.74) is 7.20. The van der Waals surface area contributed by atoms with Gasteiger partial charge in [-0.25, -0.2) is 9.11 Å².